The van der Waals surface area contributed by atoms with Crippen LogP contribution in [0.15, 0.2) is 30.5 Å². The second-order valence-electron chi connectivity index (χ2n) is 5.26. The highest BCUT2D eigenvalue weighted by atomic mass is 16.5. The second-order valence-corrected chi connectivity index (χ2v) is 5.26. The Labute approximate surface area is 119 Å². The van der Waals surface area contributed by atoms with Gasteiger partial charge < -0.3 is 10.1 Å². The van der Waals surface area contributed by atoms with E-state index in [1.165, 1.54) is 18.4 Å². The fourth-order valence-electron chi connectivity index (χ4n) is 2.38. The van der Waals surface area contributed by atoms with E-state index < -0.39 is 0 Å². The van der Waals surface area contributed by atoms with Gasteiger partial charge in [0.25, 0.3) is 0 Å². The van der Waals surface area contributed by atoms with Crippen LogP contribution in [0.25, 0.3) is 11.3 Å². The van der Waals surface area contributed by atoms with Gasteiger partial charge in [-0.2, -0.15) is 5.10 Å². The summed E-state index contributed by atoms with van der Waals surface area (Å²) in [6.07, 6.45) is 4.68. The van der Waals surface area contributed by atoms with Gasteiger partial charge >= 0.3 is 0 Å². The molecule has 1 aromatic carbocycles. The van der Waals surface area contributed by atoms with Crippen LogP contribution in [0.2, 0.25) is 0 Å². The molecule has 2 aromatic rings. The summed E-state index contributed by atoms with van der Waals surface area (Å²) in [5, 5.41) is 8.17. The molecule has 1 N–H and O–H groups in total. The van der Waals surface area contributed by atoms with Crippen molar-refractivity contribution in [3.05, 3.63) is 36.0 Å². The third kappa shape index (κ3) is 2.85. The van der Waals surface area contributed by atoms with E-state index in [4.69, 9.17) is 4.74 Å². The maximum Gasteiger partial charge on any atom is 0.128 e. The Balaban J connectivity index is 1.91. The molecule has 4 nitrogen and oxygen atoms in total. The summed E-state index contributed by atoms with van der Waals surface area (Å²) >= 11 is 0. The van der Waals surface area contributed by atoms with E-state index in [2.05, 4.69) is 22.7 Å². The van der Waals surface area contributed by atoms with E-state index in [1.807, 2.05) is 36.9 Å². The maximum absolute atomic E-state index is 5.72. The van der Waals surface area contributed by atoms with Crippen LogP contribution in [0.5, 0.6) is 5.75 Å². The zero-order valence-corrected chi connectivity index (χ0v) is 12.1. The number of hydrogen-bond acceptors (Lipinski definition) is 3. The third-order valence-electron chi connectivity index (χ3n) is 3.51. The number of aromatic nitrogens is 2. The molecule has 106 valence electrons. The normalized spacial score (nSPS) is 14.5. The highest BCUT2D eigenvalue weighted by Crippen LogP contribution is 2.31. The average molecular weight is 271 g/mol. The van der Waals surface area contributed by atoms with Crippen LogP contribution in [0.1, 0.15) is 25.3 Å². The lowest BCUT2D eigenvalue weighted by Gasteiger charge is -2.10. The van der Waals surface area contributed by atoms with Crippen LogP contribution in [-0.2, 0) is 13.6 Å². The Kier molecular flexibility index (Phi) is 3.74. The zero-order valence-electron chi connectivity index (χ0n) is 12.1. The summed E-state index contributed by atoms with van der Waals surface area (Å²) in [4.78, 5) is 0. The first kappa shape index (κ1) is 13.2. The van der Waals surface area contributed by atoms with Gasteiger partial charge in [0.05, 0.1) is 6.61 Å². The quantitative estimate of drug-likeness (QED) is 0.878. The SMILES string of the molecule is CCOc1ccccc1-c1nn(C)cc1CNC1CC1. The molecule has 0 saturated heterocycles. The highest BCUT2D eigenvalue weighted by Gasteiger charge is 2.22. The van der Waals surface area contributed by atoms with E-state index in [9.17, 15) is 0 Å². The highest BCUT2D eigenvalue weighted by molar-refractivity contribution is 5.69. The minimum atomic E-state index is 0.666. The van der Waals surface area contributed by atoms with Gasteiger partial charge in [-0.05, 0) is 31.9 Å². The molecule has 3 rings (SSSR count). The van der Waals surface area contributed by atoms with Crippen LogP contribution in [0, 0.1) is 0 Å². The standard InChI is InChI=1S/C16H21N3O/c1-3-20-15-7-5-4-6-14(15)16-12(11-19(2)18-16)10-17-13-8-9-13/h4-7,11,13,17H,3,8-10H2,1-2H3. The van der Waals surface area contributed by atoms with E-state index in [0.717, 1.165) is 23.6 Å². The topological polar surface area (TPSA) is 39.1 Å². The Morgan fingerprint density at radius 1 is 1.35 bits per heavy atom. The molecule has 1 fully saturated rings. The summed E-state index contributed by atoms with van der Waals surface area (Å²) in [6, 6.07) is 8.81. The van der Waals surface area contributed by atoms with Gasteiger partial charge in [0.1, 0.15) is 11.4 Å². The minimum Gasteiger partial charge on any atom is -0.493 e. The van der Waals surface area contributed by atoms with Crippen LogP contribution < -0.4 is 10.1 Å². The predicted octanol–water partition coefficient (Wildman–Crippen LogP) is 2.74. The van der Waals surface area contributed by atoms with E-state index >= 15 is 0 Å². The summed E-state index contributed by atoms with van der Waals surface area (Å²) in [5.41, 5.74) is 3.32. The van der Waals surface area contributed by atoms with Crippen LogP contribution in [-0.4, -0.2) is 22.4 Å². The van der Waals surface area contributed by atoms with Crippen molar-refractivity contribution in [3.63, 3.8) is 0 Å². The van der Waals surface area contributed by atoms with Crippen molar-refractivity contribution in [2.45, 2.75) is 32.4 Å². The second kappa shape index (κ2) is 5.67. The molecule has 1 heterocycles. The van der Waals surface area contributed by atoms with Gasteiger partial charge in [-0.25, -0.2) is 0 Å². The van der Waals surface area contributed by atoms with Gasteiger partial charge in [0.15, 0.2) is 0 Å². The van der Waals surface area contributed by atoms with Crippen LogP contribution >= 0.6 is 0 Å². The molecule has 0 spiro atoms. The molecule has 1 aromatic heterocycles. The molecule has 20 heavy (non-hydrogen) atoms. The number of benzene rings is 1. The lowest BCUT2D eigenvalue weighted by molar-refractivity contribution is 0.341. The molecule has 1 saturated carbocycles. The van der Waals surface area contributed by atoms with E-state index in [1.54, 1.807) is 0 Å². The fraction of sp³-hybridized carbons (Fsp3) is 0.438. The Morgan fingerprint density at radius 3 is 2.90 bits per heavy atom. The number of aryl methyl sites for hydroxylation is 1. The first-order valence-electron chi connectivity index (χ1n) is 7.26. The molecule has 0 bridgehead atoms. The lowest BCUT2D eigenvalue weighted by Crippen LogP contribution is -2.15. The lowest BCUT2D eigenvalue weighted by atomic mass is 10.1. The van der Waals surface area contributed by atoms with Gasteiger partial charge in [0.2, 0.25) is 0 Å². The number of nitrogens with one attached hydrogen (secondary N) is 1. The van der Waals surface area contributed by atoms with Crippen molar-refractivity contribution in [2.75, 3.05) is 6.61 Å². The van der Waals surface area contributed by atoms with Crippen LogP contribution in [0.3, 0.4) is 0 Å². The number of para-hydroxylation sites is 1. The smallest absolute Gasteiger partial charge is 0.128 e. The third-order valence-corrected chi connectivity index (χ3v) is 3.51. The summed E-state index contributed by atoms with van der Waals surface area (Å²) in [5.74, 6) is 0.904. The van der Waals surface area contributed by atoms with Crippen molar-refractivity contribution in [3.8, 4) is 17.0 Å². The largest absolute Gasteiger partial charge is 0.493 e. The number of nitrogens with zero attached hydrogens (tertiary/aromatic N) is 2. The van der Waals surface area contributed by atoms with Crippen LogP contribution in [0.4, 0.5) is 0 Å². The molecule has 0 unspecified atom stereocenters. The number of ether oxygens (including phenoxy) is 1. The van der Waals surface area contributed by atoms with Crippen molar-refractivity contribution < 1.29 is 4.74 Å². The summed E-state index contributed by atoms with van der Waals surface area (Å²) < 4.78 is 7.60. The monoisotopic (exact) mass is 271 g/mol. The Morgan fingerprint density at radius 2 is 2.15 bits per heavy atom. The first-order chi connectivity index (χ1) is 9.78. The van der Waals surface area contributed by atoms with Crippen molar-refractivity contribution in [2.24, 2.45) is 7.05 Å². The van der Waals surface area contributed by atoms with Crippen molar-refractivity contribution in [1.29, 1.82) is 0 Å². The molecule has 4 heteroatoms. The van der Waals surface area contributed by atoms with Gasteiger partial charge in [-0.3, -0.25) is 4.68 Å². The molecule has 0 aliphatic heterocycles. The molecule has 1 aliphatic carbocycles. The van der Waals surface area contributed by atoms with E-state index in [-0.39, 0.29) is 0 Å². The van der Waals surface area contributed by atoms with Crippen molar-refractivity contribution in [1.82, 2.24) is 15.1 Å². The first-order valence-corrected chi connectivity index (χ1v) is 7.26. The molecule has 1 aliphatic rings. The molecular formula is C16H21N3O. The minimum absolute atomic E-state index is 0.666. The Hall–Kier alpha value is -1.81. The summed E-state index contributed by atoms with van der Waals surface area (Å²) in [7, 11) is 1.97. The molecule has 0 atom stereocenters. The van der Waals surface area contributed by atoms with Crippen molar-refractivity contribution >= 4 is 0 Å². The van der Waals surface area contributed by atoms with Gasteiger partial charge in [-0.1, -0.05) is 12.1 Å². The fourth-order valence-corrected chi connectivity index (χ4v) is 2.38. The predicted molar refractivity (Wildman–Crippen MR) is 79.7 cm³/mol. The maximum atomic E-state index is 5.72. The summed E-state index contributed by atoms with van der Waals surface area (Å²) in [6.45, 7) is 3.54. The van der Waals surface area contributed by atoms with Gasteiger partial charge in [-0.15, -0.1) is 0 Å². The average Bonchev–Trinajstić information content (AvgIpc) is 3.20. The molecule has 0 amide bonds. The van der Waals surface area contributed by atoms with Gasteiger partial charge in [0, 0.05) is 37.0 Å². The molecular weight excluding hydrogens is 250 g/mol. The van der Waals surface area contributed by atoms with E-state index in [0.29, 0.717) is 12.6 Å². The number of hydrogen-bond donors (Lipinski definition) is 1. The zero-order chi connectivity index (χ0) is 13.9. The number of rotatable bonds is 6. The molecule has 0 radical (unpaired) electrons. The Bertz CT molecular complexity index is 587.